The van der Waals surface area contributed by atoms with Crippen molar-refractivity contribution in [3.63, 3.8) is 0 Å². The Kier molecular flexibility index (Phi) is 3.41. The minimum atomic E-state index is -0.173. The SMILES string of the molecule is Cc1cc(C)c(NC(=O)c2cnn3c2OCCC3)c(C)c1. The standard InChI is InChI=1S/C16H19N3O2/c1-10-7-11(2)14(12(3)8-10)18-15(20)13-9-17-19-5-4-6-21-16(13)19/h7-9H,4-6H2,1-3H3,(H,18,20). The third-order valence-corrected chi connectivity index (χ3v) is 3.70. The van der Waals surface area contributed by atoms with E-state index in [-0.39, 0.29) is 5.91 Å². The summed E-state index contributed by atoms with van der Waals surface area (Å²) in [6.45, 7) is 7.48. The van der Waals surface area contributed by atoms with Gasteiger partial charge in [-0.1, -0.05) is 17.7 Å². The van der Waals surface area contributed by atoms with E-state index in [1.807, 2.05) is 20.8 Å². The van der Waals surface area contributed by atoms with Crippen LogP contribution < -0.4 is 10.1 Å². The van der Waals surface area contributed by atoms with Gasteiger partial charge < -0.3 is 10.1 Å². The van der Waals surface area contributed by atoms with Gasteiger partial charge in [0.1, 0.15) is 5.56 Å². The predicted molar refractivity (Wildman–Crippen MR) is 80.9 cm³/mol. The number of nitrogens with zero attached hydrogens (tertiary/aromatic N) is 2. The molecule has 0 saturated heterocycles. The van der Waals surface area contributed by atoms with Crippen LogP contribution in [-0.2, 0) is 6.54 Å². The maximum Gasteiger partial charge on any atom is 0.262 e. The summed E-state index contributed by atoms with van der Waals surface area (Å²) in [5.41, 5.74) is 4.66. The first kappa shape index (κ1) is 13.7. The van der Waals surface area contributed by atoms with Crippen LogP contribution in [0, 0.1) is 20.8 Å². The zero-order valence-corrected chi connectivity index (χ0v) is 12.6. The topological polar surface area (TPSA) is 56.2 Å². The molecule has 21 heavy (non-hydrogen) atoms. The second-order valence-electron chi connectivity index (χ2n) is 5.52. The van der Waals surface area contributed by atoms with Crippen LogP contribution in [0.25, 0.3) is 0 Å². The van der Waals surface area contributed by atoms with E-state index < -0.39 is 0 Å². The van der Waals surface area contributed by atoms with Crippen LogP contribution in [0.3, 0.4) is 0 Å². The molecule has 0 atom stereocenters. The number of fused-ring (bicyclic) bond motifs is 1. The number of aromatic nitrogens is 2. The quantitative estimate of drug-likeness (QED) is 0.923. The lowest BCUT2D eigenvalue weighted by Gasteiger charge is -2.16. The zero-order chi connectivity index (χ0) is 15.0. The highest BCUT2D eigenvalue weighted by molar-refractivity contribution is 6.06. The van der Waals surface area contributed by atoms with Crippen molar-refractivity contribution < 1.29 is 9.53 Å². The molecule has 1 aromatic carbocycles. The Bertz CT molecular complexity index is 681. The monoisotopic (exact) mass is 285 g/mol. The first-order valence-corrected chi connectivity index (χ1v) is 7.14. The number of ether oxygens (including phenoxy) is 1. The van der Waals surface area contributed by atoms with Gasteiger partial charge in [0.25, 0.3) is 5.91 Å². The maximum absolute atomic E-state index is 12.5. The molecule has 0 bridgehead atoms. The molecule has 1 aliphatic rings. The smallest absolute Gasteiger partial charge is 0.262 e. The fourth-order valence-corrected chi connectivity index (χ4v) is 2.78. The summed E-state index contributed by atoms with van der Waals surface area (Å²) in [7, 11) is 0. The first-order chi connectivity index (χ1) is 10.1. The number of nitrogens with one attached hydrogen (secondary N) is 1. The van der Waals surface area contributed by atoms with Gasteiger partial charge in [0.05, 0.1) is 12.8 Å². The Morgan fingerprint density at radius 2 is 2.00 bits per heavy atom. The Balaban J connectivity index is 1.89. The van der Waals surface area contributed by atoms with Crippen LogP contribution in [0.2, 0.25) is 0 Å². The molecule has 5 nitrogen and oxygen atoms in total. The van der Waals surface area contributed by atoms with Gasteiger partial charge in [0.2, 0.25) is 5.88 Å². The van der Waals surface area contributed by atoms with Gasteiger partial charge in [-0.3, -0.25) is 4.79 Å². The van der Waals surface area contributed by atoms with E-state index in [9.17, 15) is 4.79 Å². The molecule has 110 valence electrons. The highest BCUT2D eigenvalue weighted by Crippen LogP contribution is 2.26. The molecule has 1 N–H and O–H groups in total. The summed E-state index contributed by atoms with van der Waals surface area (Å²) in [5.74, 6) is 0.398. The third-order valence-electron chi connectivity index (χ3n) is 3.70. The molecule has 0 spiro atoms. The highest BCUT2D eigenvalue weighted by atomic mass is 16.5. The maximum atomic E-state index is 12.5. The molecule has 0 unspecified atom stereocenters. The second kappa shape index (κ2) is 5.24. The van der Waals surface area contributed by atoms with Crippen LogP contribution in [0.5, 0.6) is 5.88 Å². The van der Waals surface area contributed by atoms with E-state index >= 15 is 0 Å². The van der Waals surface area contributed by atoms with E-state index in [0.717, 1.165) is 29.8 Å². The fraction of sp³-hybridized carbons (Fsp3) is 0.375. The lowest BCUT2D eigenvalue weighted by molar-refractivity contribution is 0.102. The summed E-state index contributed by atoms with van der Waals surface area (Å²) in [4.78, 5) is 12.5. The minimum Gasteiger partial charge on any atom is -0.477 e. The number of hydrogen-bond donors (Lipinski definition) is 1. The van der Waals surface area contributed by atoms with E-state index in [2.05, 4.69) is 22.5 Å². The Hall–Kier alpha value is -2.30. The largest absolute Gasteiger partial charge is 0.477 e. The number of carbonyl (C=O) groups is 1. The molecule has 2 heterocycles. The van der Waals surface area contributed by atoms with Crippen molar-refractivity contribution in [1.29, 1.82) is 0 Å². The molecule has 1 amide bonds. The van der Waals surface area contributed by atoms with Crippen molar-refractivity contribution >= 4 is 11.6 Å². The van der Waals surface area contributed by atoms with Crippen molar-refractivity contribution in [3.05, 3.63) is 40.6 Å². The van der Waals surface area contributed by atoms with E-state index in [1.54, 1.807) is 10.9 Å². The second-order valence-corrected chi connectivity index (χ2v) is 5.52. The lowest BCUT2D eigenvalue weighted by atomic mass is 10.0. The molecule has 5 heteroatoms. The summed E-state index contributed by atoms with van der Waals surface area (Å²) in [6.07, 6.45) is 2.50. The number of rotatable bonds is 2. The van der Waals surface area contributed by atoms with Crippen LogP contribution in [0.15, 0.2) is 18.3 Å². The van der Waals surface area contributed by atoms with Crippen molar-refractivity contribution in [2.24, 2.45) is 0 Å². The molecule has 3 rings (SSSR count). The summed E-state index contributed by atoms with van der Waals surface area (Å²) < 4.78 is 7.32. The minimum absolute atomic E-state index is 0.173. The van der Waals surface area contributed by atoms with Crippen LogP contribution >= 0.6 is 0 Å². The average Bonchev–Trinajstić information content (AvgIpc) is 2.86. The molecule has 0 saturated carbocycles. The molecular weight excluding hydrogens is 266 g/mol. The lowest BCUT2D eigenvalue weighted by Crippen LogP contribution is -2.19. The van der Waals surface area contributed by atoms with Gasteiger partial charge in [-0.15, -0.1) is 0 Å². The van der Waals surface area contributed by atoms with E-state index in [0.29, 0.717) is 18.1 Å². The van der Waals surface area contributed by atoms with Crippen LogP contribution in [-0.4, -0.2) is 22.3 Å². The molecule has 0 fully saturated rings. The zero-order valence-electron chi connectivity index (χ0n) is 12.6. The van der Waals surface area contributed by atoms with Gasteiger partial charge in [0.15, 0.2) is 0 Å². The van der Waals surface area contributed by atoms with Crippen molar-refractivity contribution in [2.75, 3.05) is 11.9 Å². The predicted octanol–water partition coefficient (Wildman–Crippen LogP) is 2.84. The number of benzene rings is 1. The number of anilines is 1. The average molecular weight is 285 g/mol. The van der Waals surface area contributed by atoms with Gasteiger partial charge in [-0.25, -0.2) is 4.68 Å². The van der Waals surface area contributed by atoms with E-state index in [1.165, 1.54) is 5.56 Å². The summed E-state index contributed by atoms with van der Waals surface area (Å²) >= 11 is 0. The Labute approximate surface area is 123 Å². The molecule has 1 aromatic heterocycles. The fourth-order valence-electron chi connectivity index (χ4n) is 2.78. The van der Waals surface area contributed by atoms with Gasteiger partial charge in [0, 0.05) is 18.7 Å². The van der Waals surface area contributed by atoms with Crippen molar-refractivity contribution in [3.8, 4) is 5.88 Å². The van der Waals surface area contributed by atoms with E-state index in [4.69, 9.17) is 4.74 Å². The Morgan fingerprint density at radius 1 is 1.29 bits per heavy atom. The molecule has 2 aromatic rings. The molecule has 1 aliphatic heterocycles. The normalized spacial score (nSPS) is 13.5. The van der Waals surface area contributed by atoms with Crippen molar-refractivity contribution in [1.82, 2.24) is 9.78 Å². The van der Waals surface area contributed by atoms with Gasteiger partial charge >= 0.3 is 0 Å². The summed E-state index contributed by atoms with van der Waals surface area (Å²) in [5, 5.41) is 7.20. The molecule has 0 aliphatic carbocycles. The van der Waals surface area contributed by atoms with Crippen molar-refractivity contribution in [2.45, 2.75) is 33.7 Å². The summed E-state index contributed by atoms with van der Waals surface area (Å²) in [6, 6.07) is 4.12. The van der Waals surface area contributed by atoms with Crippen LogP contribution in [0.4, 0.5) is 5.69 Å². The number of hydrogen-bond acceptors (Lipinski definition) is 3. The first-order valence-electron chi connectivity index (χ1n) is 7.14. The number of amides is 1. The molecule has 0 radical (unpaired) electrons. The highest BCUT2D eigenvalue weighted by Gasteiger charge is 2.22. The van der Waals surface area contributed by atoms with Gasteiger partial charge in [-0.05, 0) is 31.9 Å². The third kappa shape index (κ3) is 2.51. The number of aryl methyl sites for hydroxylation is 4. The molecular formula is C16H19N3O2. The Morgan fingerprint density at radius 3 is 2.71 bits per heavy atom. The van der Waals surface area contributed by atoms with Gasteiger partial charge in [-0.2, -0.15) is 5.10 Å². The number of carbonyl (C=O) groups excluding carboxylic acids is 1. The van der Waals surface area contributed by atoms with Crippen LogP contribution in [0.1, 0.15) is 33.5 Å².